The van der Waals surface area contributed by atoms with Gasteiger partial charge in [-0.05, 0) is 33.2 Å². The molecular formula is C13H19N3O3S. The van der Waals surface area contributed by atoms with Gasteiger partial charge in [0.1, 0.15) is 0 Å². The lowest BCUT2D eigenvalue weighted by molar-refractivity contribution is -0.380. The molecule has 0 spiro atoms. The van der Waals surface area contributed by atoms with Crippen LogP contribution in [0.3, 0.4) is 0 Å². The molecule has 1 fully saturated rings. The van der Waals surface area contributed by atoms with Crippen LogP contribution in [0.1, 0.15) is 37.0 Å². The molecule has 1 atom stereocenters. The Morgan fingerprint density at radius 2 is 2.40 bits per heavy atom. The summed E-state index contributed by atoms with van der Waals surface area (Å²) in [4.78, 5) is 24.5. The molecule has 2 heterocycles. The van der Waals surface area contributed by atoms with Gasteiger partial charge in [-0.15, -0.1) is 0 Å². The van der Waals surface area contributed by atoms with Crippen molar-refractivity contribution in [2.45, 2.75) is 38.8 Å². The monoisotopic (exact) mass is 297 g/mol. The van der Waals surface area contributed by atoms with Crippen LogP contribution in [-0.2, 0) is 0 Å². The van der Waals surface area contributed by atoms with Gasteiger partial charge >= 0.3 is 5.00 Å². The Morgan fingerprint density at radius 1 is 1.65 bits per heavy atom. The molecule has 7 heteroatoms. The highest BCUT2D eigenvalue weighted by Gasteiger charge is 2.26. The van der Waals surface area contributed by atoms with Crippen LogP contribution in [-0.4, -0.2) is 40.9 Å². The molecule has 0 radical (unpaired) electrons. The third-order valence-corrected chi connectivity index (χ3v) is 4.36. The van der Waals surface area contributed by atoms with Gasteiger partial charge in [0, 0.05) is 30.1 Å². The minimum atomic E-state index is -0.459. The molecule has 6 nitrogen and oxygen atoms in total. The van der Waals surface area contributed by atoms with Crippen molar-refractivity contribution in [1.82, 2.24) is 10.2 Å². The van der Waals surface area contributed by atoms with Crippen molar-refractivity contribution in [1.29, 1.82) is 0 Å². The van der Waals surface area contributed by atoms with Gasteiger partial charge in [0.05, 0.1) is 10.5 Å². The number of amides is 1. The number of thiophene rings is 1. The SMILES string of the molecule is CC(C)N(CC1CCCN1)C(=O)c1csc([N+](=O)[O-])c1. The highest BCUT2D eigenvalue weighted by atomic mass is 32.1. The fourth-order valence-electron chi connectivity index (χ4n) is 2.38. The number of hydrogen-bond acceptors (Lipinski definition) is 5. The third kappa shape index (κ3) is 3.34. The Kier molecular flexibility index (Phi) is 4.72. The van der Waals surface area contributed by atoms with Crippen molar-refractivity contribution in [3.63, 3.8) is 0 Å². The predicted octanol–water partition coefficient (Wildman–Crippen LogP) is 2.26. The molecule has 1 aliphatic heterocycles. The molecule has 1 N–H and O–H groups in total. The van der Waals surface area contributed by atoms with Crippen LogP contribution in [0.25, 0.3) is 0 Å². The van der Waals surface area contributed by atoms with E-state index in [0.717, 1.165) is 30.7 Å². The summed E-state index contributed by atoms with van der Waals surface area (Å²) in [5.74, 6) is -0.127. The lowest BCUT2D eigenvalue weighted by atomic mass is 10.1. The Hall–Kier alpha value is -1.47. The van der Waals surface area contributed by atoms with Crippen LogP contribution in [0.5, 0.6) is 0 Å². The molecular weight excluding hydrogens is 278 g/mol. The highest BCUT2D eigenvalue weighted by molar-refractivity contribution is 7.13. The van der Waals surface area contributed by atoms with E-state index in [4.69, 9.17) is 0 Å². The quantitative estimate of drug-likeness (QED) is 0.668. The van der Waals surface area contributed by atoms with Gasteiger partial charge in [0.25, 0.3) is 5.91 Å². The maximum Gasteiger partial charge on any atom is 0.324 e. The normalized spacial score (nSPS) is 18.4. The van der Waals surface area contributed by atoms with Crippen LogP contribution >= 0.6 is 11.3 Å². The fourth-order valence-corrected chi connectivity index (χ4v) is 3.07. The van der Waals surface area contributed by atoms with Crippen LogP contribution in [0.2, 0.25) is 0 Å². The number of nitrogens with zero attached hydrogens (tertiary/aromatic N) is 2. The van der Waals surface area contributed by atoms with E-state index in [1.807, 2.05) is 13.8 Å². The van der Waals surface area contributed by atoms with E-state index in [1.54, 1.807) is 10.3 Å². The molecule has 110 valence electrons. The van der Waals surface area contributed by atoms with Crippen molar-refractivity contribution < 1.29 is 9.72 Å². The molecule has 1 aromatic heterocycles. The second-order valence-electron chi connectivity index (χ2n) is 5.28. The maximum absolute atomic E-state index is 12.5. The minimum Gasteiger partial charge on any atom is -0.335 e. The summed E-state index contributed by atoms with van der Waals surface area (Å²) in [6.45, 7) is 5.58. The summed E-state index contributed by atoms with van der Waals surface area (Å²) in [5, 5.41) is 15.7. The van der Waals surface area contributed by atoms with Gasteiger partial charge in [0.15, 0.2) is 0 Å². The molecule has 1 amide bonds. The van der Waals surface area contributed by atoms with Crippen molar-refractivity contribution in [2.24, 2.45) is 0 Å². The number of nitro groups is 1. The number of rotatable bonds is 5. The average molecular weight is 297 g/mol. The summed E-state index contributed by atoms with van der Waals surface area (Å²) in [6.07, 6.45) is 2.20. The van der Waals surface area contributed by atoms with Crippen LogP contribution < -0.4 is 5.32 Å². The van der Waals surface area contributed by atoms with E-state index in [1.165, 1.54) is 6.07 Å². The number of carbonyl (C=O) groups is 1. The zero-order valence-corrected chi connectivity index (χ0v) is 12.5. The van der Waals surface area contributed by atoms with Crippen molar-refractivity contribution in [2.75, 3.05) is 13.1 Å². The molecule has 20 heavy (non-hydrogen) atoms. The van der Waals surface area contributed by atoms with E-state index < -0.39 is 4.92 Å². The van der Waals surface area contributed by atoms with Crippen LogP contribution in [0, 0.1) is 10.1 Å². The zero-order chi connectivity index (χ0) is 14.7. The predicted molar refractivity (Wildman–Crippen MR) is 78.2 cm³/mol. The molecule has 1 aliphatic rings. The second kappa shape index (κ2) is 6.32. The summed E-state index contributed by atoms with van der Waals surface area (Å²) >= 11 is 0.996. The second-order valence-corrected chi connectivity index (χ2v) is 6.16. The van der Waals surface area contributed by atoms with Crippen LogP contribution in [0.4, 0.5) is 5.00 Å². The zero-order valence-electron chi connectivity index (χ0n) is 11.7. The molecule has 0 aromatic carbocycles. The Bertz CT molecular complexity index is 495. The number of hydrogen-bond donors (Lipinski definition) is 1. The largest absolute Gasteiger partial charge is 0.335 e. The maximum atomic E-state index is 12.5. The Balaban J connectivity index is 2.10. The van der Waals surface area contributed by atoms with Gasteiger partial charge in [0.2, 0.25) is 0 Å². The first kappa shape index (κ1) is 14.9. The average Bonchev–Trinajstić information content (AvgIpc) is 3.06. The number of carbonyl (C=O) groups excluding carboxylic acids is 1. The van der Waals surface area contributed by atoms with Gasteiger partial charge < -0.3 is 10.2 Å². The topological polar surface area (TPSA) is 75.5 Å². The lowest BCUT2D eigenvalue weighted by Crippen LogP contribution is -2.44. The molecule has 0 aliphatic carbocycles. The van der Waals surface area contributed by atoms with Gasteiger partial charge in [-0.1, -0.05) is 11.3 Å². The molecule has 2 rings (SSSR count). The summed E-state index contributed by atoms with van der Waals surface area (Å²) in [6, 6.07) is 1.77. The summed E-state index contributed by atoms with van der Waals surface area (Å²) < 4.78 is 0. The van der Waals surface area contributed by atoms with E-state index in [0.29, 0.717) is 18.2 Å². The Labute approximate surface area is 121 Å². The number of nitrogens with one attached hydrogen (secondary N) is 1. The van der Waals surface area contributed by atoms with E-state index in [2.05, 4.69) is 5.32 Å². The molecule has 0 bridgehead atoms. The minimum absolute atomic E-state index is 0.0102. The van der Waals surface area contributed by atoms with Gasteiger partial charge in [-0.3, -0.25) is 14.9 Å². The smallest absolute Gasteiger partial charge is 0.324 e. The van der Waals surface area contributed by atoms with Crippen molar-refractivity contribution in [3.05, 3.63) is 27.1 Å². The van der Waals surface area contributed by atoms with Gasteiger partial charge in [-0.2, -0.15) is 0 Å². The van der Waals surface area contributed by atoms with Crippen molar-refractivity contribution >= 4 is 22.2 Å². The molecule has 1 saturated heterocycles. The first-order valence-electron chi connectivity index (χ1n) is 6.76. The van der Waals surface area contributed by atoms with E-state index in [-0.39, 0.29) is 17.0 Å². The summed E-state index contributed by atoms with van der Waals surface area (Å²) in [7, 11) is 0. The van der Waals surface area contributed by atoms with E-state index >= 15 is 0 Å². The molecule has 1 unspecified atom stereocenters. The lowest BCUT2D eigenvalue weighted by Gasteiger charge is -2.29. The van der Waals surface area contributed by atoms with E-state index in [9.17, 15) is 14.9 Å². The van der Waals surface area contributed by atoms with Crippen LogP contribution in [0.15, 0.2) is 11.4 Å². The Morgan fingerprint density at radius 3 is 2.90 bits per heavy atom. The third-order valence-electron chi connectivity index (χ3n) is 3.48. The fraction of sp³-hybridized carbons (Fsp3) is 0.615. The van der Waals surface area contributed by atoms with Crippen molar-refractivity contribution in [3.8, 4) is 0 Å². The molecule has 0 saturated carbocycles. The highest BCUT2D eigenvalue weighted by Crippen LogP contribution is 2.24. The van der Waals surface area contributed by atoms with Gasteiger partial charge in [-0.25, -0.2) is 0 Å². The first-order valence-corrected chi connectivity index (χ1v) is 7.64. The first-order chi connectivity index (χ1) is 9.49. The summed E-state index contributed by atoms with van der Waals surface area (Å²) in [5.41, 5.74) is 0.411. The molecule has 1 aromatic rings. The standard InChI is InChI=1S/C13H19N3O3S/c1-9(2)15(7-11-4-3-5-14-11)13(17)10-6-12(16(18)19)20-8-10/h6,8-9,11,14H,3-5,7H2,1-2H3.